The van der Waals surface area contributed by atoms with E-state index in [-0.39, 0.29) is 12.1 Å². The van der Waals surface area contributed by atoms with E-state index in [1.54, 1.807) is 11.8 Å². The number of esters is 1. The van der Waals surface area contributed by atoms with E-state index in [0.29, 0.717) is 6.61 Å². The number of hydrogen-bond donors (Lipinski definition) is 0. The van der Waals surface area contributed by atoms with Gasteiger partial charge in [0.15, 0.2) is 8.32 Å². The number of thioether (sulfide) groups is 1. The van der Waals surface area contributed by atoms with E-state index in [1.165, 1.54) is 11.1 Å². The second kappa shape index (κ2) is 6.67. The van der Waals surface area contributed by atoms with Gasteiger partial charge in [-0.25, -0.2) is 0 Å². The summed E-state index contributed by atoms with van der Waals surface area (Å²) in [6.07, 6.45) is 0.606. The summed E-state index contributed by atoms with van der Waals surface area (Å²) in [4.78, 5) is 12.6. The lowest BCUT2D eigenvalue weighted by atomic mass is 9.91. The molecule has 0 aliphatic carbocycles. The van der Waals surface area contributed by atoms with Crippen LogP contribution in [-0.2, 0) is 14.0 Å². The molecular weight excluding hydrogens is 288 g/mol. The normalized spacial score (nSPS) is 25.6. The van der Waals surface area contributed by atoms with Crippen LogP contribution in [0.5, 0.6) is 0 Å². The molecule has 0 saturated heterocycles. The van der Waals surface area contributed by atoms with E-state index >= 15 is 0 Å². The van der Waals surface area contributed by atoms with Gasteiger partial charge < -0.3 is 9.16 Å². The van der Waals surface area contributed by atoms with Gasteiger partial charge in [0.1, 0.15) is 4.75 Å². The molecule has 1 rings (SSSR count). The van der Waals surface area contributed by atoms with Gasteiger partial charge in [0.2, 0.25) is 0 Å². The van der Waals surface area contributed by atoms with Crippen molar-refractivity contribution in [3.05, 3.63) is 11.1 Å². The number of rotatable bonds is 5. The van der Waals surface area contributed by atoms with Crippen molar-refractivity contribution in [2.24, 2.45) is 0 Å². The predicted octanol–water partition coefficient (Wildman–Crippen LogP) is 4.00. The van der Waals surface area contributed by atoms with Crippen molar-refractivity contribution < 1.29 is 14.0 Å². The lowest BCUT2D eigenvalue weighted by Gasteiger charge is -2.41. The molecule has 116 valence electrons. The molecule has 3 nitrogen and oxygen atoms in total. The Hall–Kier alpha value is -0.263. The molecule has 0 fully saturated rings. The quantitative estimate of drug-likeness (QED) is 0.436. The molecule has 1 aliphatic rings. The Balaban J connectivity index is 3.06. The smallest absolute Gasteiger partial charge is 0.325 e. The summed E-state index contributed by atoms with van der Waals surface area (Å²) in [6, 6.07) is 0. The molecule has 0 aromatic carbocycles. The van der Waals surface area contributed by atoms with Crippen LogP contribution >= 0.6 is 11.8 Å². The molecule has 0 bridgehead atoms. The summed E-state index contributed by atoms with van der Waals surface area (Å²) < 4.78 is 11.0. The molecule has 0 aromatic heterocycles. The molecule has 2 unspecified atom stereocenters. The summed E-state index contributed by atoms with van der Waals surface area (Å²) in [6.45, 7) is 15.0. The molecule has 0 saturated carbocycles. The Bertz CT molecular complexity index is 400. The Labute approximate surface area is 128 Å². The van der Waals surface area contributed by atoms with Crippen LogP contribution in [0, 0.1) is 0 Å². The average Bonchev–Trinajstić information content (AvgIpc) is 2.30. The minimum absolute atomic E-state index is 0.123. The molecule has 2 atom stereocenters. The van der Waals surface area contributed by atoms with Crippen LogP contribution in [0.3, 0.4) is 0 Å². The molecule has 0 radical (unpaired) electrons. The van der Waals surface area contributed by atoms with E-state index < -0.39 is 13.1 Å². The summed E-state index contributed by atoms with van der Waals surface area (Å²) in [5, 5.41) is 0. The third-order valence-electron chi connectivity index (χ3n) is 3.61. The molecule has 0 spiro atoms. The Morgan fingerprint density at radius 1 is 1.35 bits per heavy atom. The van der Waals surface area contributed by atoms with Crippen LogP contribution in [0.25, 0.3) is 0 Å². The van der Waals surface area contributed by atoms with Gasteiger partial charge in [0.05, 0.1) is 12.7 Å². The van der Waals surface area contributed by atoms with Crippen LogP contribution in [0.1, 0.15) is 34.1 Å². The maximum atomic E-state index is 12.6. The van der Waals surface area contributed by atoms with E-state index in [0.717, 1.165) is 12.2 Å². The first-order chi connectivity index (χ1) is 9.12. The van der Waals surface area contributed by atoms with Crippen LogP contribution < -0.4 is 0 Å². The molecule has 1 aliphatic heterocycles. The molecular formula is C15H28O3SSi. The highest BCUT2D eigenvalue weighted by Crippen LogP contribution is 2.44. The first kappa shape index (κ1) is 17.8. The Kier molecular flexibility index (Phi) is 5.93. The standard InChI is InChI=1S/C15H28O3SSi/c1-8-17-14(16)15(13(4)18-20(5,6)7)9-11(2)12(3)10-19-15/h13H,8-10H2,1-7H3. The van der Waals surface area contributed by atoms with Crippen molar-refractivity contribution in [3.8, 4) is 0 Å². The first-order valence-electron chi connectivity index (χ1n) is 7.26. The van der Waals surface area contributed by atoms with Crippen LogP contribution in [0.4, 0.5) is 0 Å². The van der Waals surface area contributed by atoms with Crippen molar-refractivity contribution in [2.75, 3.05) is 12.4 Å². The van der Waals surface area contributed by atoms with Gasteiger partial charge in [0, 0.05) is 5.75 Å². The highest BCUT2D eigenvalue weighted by molar-refractivity contribution is 8.01. The summed E-state index contributed by atoms with van der Waals surface area (Å²) in [5.41, 5.74) is 2.66. The van der Waals surface area contributed by atoms with Gasteiger partial charge in [-0.2, -0.15) is 0 Å². The first-order valence-corrected chi connectivity index (χ1v) is 11.7. The fourth-order valence-corrected chi connectivity index (χ4v) is 5.24. The molecule has 0 aromatic rings. The number of ether oxygens (including phenoxy) is 1. The molecule has 0 amide bonds. The fourth-order valence-electron chi connectivity index (χ4n) is 2.39. The highest BCUT2D eigenvalue weighted by atomic mass is 32.2. The van der Waals surface area contributed by atoms with Crippen LogP contribution in [0.15, 0.2) is 11.1 Å². The van der Waals surface area contributed by atoms with Gasteiger partial charge in [-0.05, 0) is 53.8 Å². The van der Waals surface area contributed by atoms with Gasteiger partial charge in [0.25, 0.3) is 0 Å². The molecule has 5 heteroatoms. The summed E-state index contributed by atoms with van der Waals surface area (Å²) >= 11 is 1.68. The zero-order valence-corrected chi connectivity index (χ0v) is 15.6. The number of hydrogen-bond acceptors (Lipinski definition) is 4. The highest BCUT2D eigenvalue weighted by Gasteiger charge is 2.49. The summed E-state index contributed by atoms with van der Waals surface area (Å²) in [5.74, 6) is 0.756. The molecule has 20 heavy (non-hydrogen) atoms. The van der Waals surface area contributed by atoms with E-state index in [2.05, 4.69) is 33.5 Å². The van der Waals surface area contributed by atoms with Gasteiger partial charge in [-0.3, -0.25) is 4.79 Å². The van der Waals surface area contributed by atoms with E-state index in [9.17, 15) is 4.79 Å². The van der Waals surface area contributed by atoms with Crippen LogP contribution in [-0.4, -0.2) is 37.5 Å². The zero-order valence-electron chi connectivity index (χ0n) is 13.8. The fraction of sp³-hybridized carbons (Fsp3) is 0.800. The lowest BCUT2D eigenvalue weighted by molar-refractivity contribution is -0.148. The third-order valence-corrected chi connectivity index (χ3v) is 6.41. The number of allylic oxidation sites excluding steroid dienone is 1. The minimum Gasteiger partial charge on any atom is -0.465 e. The van der Waals surface area contributed by atoms with Crippen LogP contribution in [0.2, 0.25) is 19.6 Å². The van der Waals surface area contributed by atoms with E-state index in [1.807, 2.05) is 13.8 Å². The summed E-state index contributed by atoms with van der Waals surface area (Å²) in [7, 11) is -1.70. The van der Waals surface area contributed by atoms with Crippen molar-refractivity contribution in [1.29, 1.82) is 0 Å². The van der Waals surface area contributed by atoms with Gasteiger partial charge >= 0.3 is 5.97 Å². The molecule has 1 heterocycles. The number of carbonyl (C=O) groups is 1. The minimum atomic E-state index is -1.70. The number of carbonyl (C=O) groups excluding carboxylic acids is 1. The third kappa shape index (κ3) is 4.12. The molecule has 0 N–H and O–H groups in total. The Morgan fingerprint density at radius 3 is 2.40 bits per heavy atom. The second-order valence-electron chi connectivity index (χ2n) is 6.51. The lowest BCUT2D eigenvalue weighted by Crippen LogP contribution is -2.52. The SMILES string of the molecule is CCOC(=O)C1(C(C)O[Si](C)(C)C)CC(C)=C(C)CS1. The largest absolute Gasteiger partial charge is 0.465 e. The van der Waals surface area contributed by atoms with Gasteiger partial charge in [-0.15, -0.1) is 11.8 Å². The maximum absolute atomic E-state index is 12.6. The second-order valence-corrected chi connectivity index (χ2v) is 12.3. The maximum Gasteiger partial charge on any atom is 0.325 e. The monoisotopic (exact) mass is 316 g/mol. The van der Waals surface area contributed by atoms with E-state index in [4.69, 9.17) is 9.16 Å². The van der Waals surface area contributed by atoms with Gasteiger partial charge in [-0.1, -0.05) is 11.1 Å². The van der Waals surface area contributed by atoms with Crippen molar-refractivity contribution in [3.63, 3.8) is 0 Å². The topological polar surface area (TPSA) is 35.5 Å². The predicted molar refractivity (Wildman–Crippen MR) is 88.7 cm³/mol. The van der Waals surface area contributed by atoms with Crippen molar-refractivity contribution in [1.82, 2.24) is 0 Å². The Morgan fingerprint density at radius 2 is 1.95 bits per heavy atom. The van der Waals surface area contributed by atoms with Crippen molar-refractivity contribution >= 4 is 26.0 Å². The van der Waals surface area contributed by atoms with Crippen molar-refractivity contribution in [2.45, 2.75) is 64.6 Å². The average molecular weight is 317 g/mol. The zero-order chi connectivity index (χ0) is 15.6.